The van der Waals surface area contributed by atoms with Gasteiger partial charge in [0.25, 0.3) is 0 Å². The number of likely N-dealkylation sites (tertiary alicyclic amines) is 3. The van der Waals surface area contributed by atoms with Gasteiger partial charge in [-0.25, -0.2) is 0 Å². The predicted octanol–water partition coefficient (Wildman–Crippen LogP) is 1.11. The van der Waals surface area contributed by atoms with Gasteiger partial charge in [0, 0.05) is 25.7 Å². The monoisotopic (exact) mass is 407 g/mol. The average molecular weight is 408 g/mol. The van der Waals surface area contributed by atoms with Crippen molar-refractivity contribution in [3.8, 4) is 6.07 Å². The zero-order valence-corrected chi connectivity index (χ0v) is 17.5. The van der Waals surface area contributed by atoms with Crippen molar-refractivity contribution in [3.05, 3.63) is 34.9 Å². The smallest absolute Gasteiger partial charge is 0.241 e. The molecule has 5 atom stereocenters. The van der Waals surface area contributed by atoms with Crippen molar-refractivity contribution in [1.29, 1.82) is 5.26 Å². The van der Waals surface area contributed by atoms with E-state index >= 15 is 0 Å². The Morgan fingerprint density at radius 2 is 2.17 bits per heavy atom. The third-order valence-corrected chi connectivity index (χ3v) is 7.43. The molecule has 3 fully saturated rings. The Hall–Kier alpha value is -2.43. The molecule has 0 aromatic heterocycles. The van der Waals surface area contributed by atoms with Gasteiger partial charge in [-0.2, -0.15) is 5.26 Å². The zero-order valence-electron chi connectivity index (χ0n) is 17.5. The fourth-order valence-electron chi connectivity index (χ4n) is 6.02. The summed E-state index contributed by atoms with van der Waals surface area (Å²) in [6.07, 6.45) is 4.42. The fraction of sp³-hybridized carbons (Fsp3) is 0.609. The molecule has 2 bridgehead atoms. The SMILES string of the molecule is Cc1ccc2c(c1)CC[C@H]2N1C(=O)[C@H]2C[C@@H]1CN2C[C@H](N)C(=O)N1CCC[C@H]1C#N. The molecule has 3 saturated heterocycles. The number of carbonyl (C=O) groups is 2. The van der Waals surface area contributed by atoms with E-state index in [9.17, 15) is 14.9 Å². The van der Waals surface area contributed by atoms with E-state index in [-0.39, 0.29) is 36.0 Å². The Labute approximate surface area is 177 Å². The van der Waals surface area contributed by atoms with Gasteiger partial charge >= 0.3 is 0 Å². The summed E-state index contributed by atoms with van der Waals surface area (Å²) in [6, 6.07) is 7.94. The number of aryl methyl sites for hydroxylation is 2. The molecule has 1 aromatic rings. The maximum atomic E-state index is 13.3. The number of nitriles is 1. The number of fused-ring (bicyclic) bond motifs is 3. The lowest BCUT2D eigenvalue weighted by Crippen LogP contribution is -2.56. The Balaban J connectivity index is 1.25. The summed E-state index contributed by atoms with van der Waals surface area (Å²) in [5, 5.41) is 9.24. The van der Waals surface area contributed by atoms with Crippen LogP contribution in [0.2, 0.25) is 0 Å². The lowest BCUT2D eigenvalue weighted by molar-refractivity contribution is -0.141. The standard InChI is InChI=1S/C23H29N5O2/c1-14-4-6-18-15(9-14)5-7-20(18)28-17-10-21(23(28)30)26(12-17)13-19(25)22(29)27-8-2-3-16(27)11-24/h4,6,9,16-17,19-21H,2-3,5,7-8,10,12-13,25H2,1H3/t16-,17+,19-,20+,21+/m0/s1. The first-order chi connectivity index (χ1) is 14.5. The van der Waals surface area contributed by atoms with E-state index in [4.69, 9.17) is 5.73 Å². The van der Waals surface area contributed by atoms with Crippen LogP contribution < -0.4 is 5.73 Å². The van der Waals surface area contributed by atoms with E-state index in [1.807, 2.05) is 0 Å². The van der Waals surface area contributed by atoms with Gasteiger partial charge in [0.15, 0.2) is 0 Å². The molecule has 1 aromatic carbocycles. The molecule has 0 spiro atoms. The largest absolute Gasteiger partial charge is 0.330 e. The van der Waals surface area contributed by atoms with Crippen LogP contribution in [0.15, 0.2) is 18.2 Å². The molecule has 158 valence electrons. The highest BCUT2D eigenvalue weighted by atomic mass is 16.2. The molecule has 0 unspecified atom stereocenters. The Kier molecular flexibility index (Phi) is 4.79. The molecule has 30 heavy (non-hydrogen) atoms. The highest BCUT2D eigenvalue weighted by Gasteiger charge is 2.53. The van der Waals surface area contributed by atoms with E-state index in [1.54, 1.807) is 4.90 Å². The molecular formula is C23H29N5O2. The number of hydrogen-bond acceptors (Lipinski definition) is 5. The molecular weight excluding hydrogens is 378 g/mol. The second-order valence-electron chi connectivity index (χ2n) is 9.29. The molecule has 7 nitrogen and oxygen atoms in total. The van der Waals surface area contributed by atoms with Crippen LogP contribution in [0.4, 0.5) is 0 Å². The highest BCUT2D eigenvalue weighted by Crippen LogP contribution is 2.44. The molecule has 3 aliphatic heterocycles. The molecule has 2 N–H and O–H groups in total. The maximum Gasteiger partial charge on any atom is 0.241 e. The van der Waals surface area contributed by atoms with E-state index < -0.39 is 6.04 Å². The molecule has 0 radical (unpaired) electrons. The first-order valence-electron chi connectivity index (χ1n) is 11.1. The van der Waals surface area contributed by atoms with Crippen LogP contribution in [0.5, 0.6) is 0 Å². The van der Waals surface area contributed by atoms with Gasteiger partial charge in [0.1, 0.15) is 6.04 Å². The first-order valence-corrected chi connectivity index (χ1v) is 11.1. The van der Waals surface area contributed by atoms with Gasteiger partial charge in [0.05, 0.1) is 24.2 Å². The molecule has 2 amide bonds. The van der Waals surface area contributed by atoms with Gasteiger partial charge in [-0.05, 0) is 50.2 Å². The first kappa shape index (κ1) is 19.5. The summed E-state index contributed by atoms with van der Waals surface area (Å²) >= 11 is 0. The molecule has 5 rings (SSSR count). The van der Waals surface area contributed by atoms with Gasteiger partial charge < -0.3 is 15.5 Å². The quantitative estimate of drug-likeness (QED) is 0.807. The predicted molar refractivity (Wildman–Crippen MR) is 111 cm³/mol. The van der Waals surface area contributed by atoms with E-state index in [1.165, 1.54) is 16.7 Å². The maximum absolute atomic E-state index is 13.3. The minimum Gasteiger partial charge on any atom is -0.330 e. The van der Waals surface area contributed by atoms with E-state index in [0.29, 0.717) is 13.1 Å². The number of benzene rings is 1. The summed E-state index contributed by atoms with van der Waals surface area (Å²) in [5.74, 6) is 0.0200. The van der Waals surface area contributed by atoms with Gasteiger partial charge in [0.2, 0.25) is 11.8 Å². The Morgan fingerprint density at radius 3 is 2.93 bits per heavy atom. The zero-order chi connectivity index (χ0) is 21.0. The van der Waals surface area contributed by atoms with Crippen molar-refractivity contribution < 1.29 is 9.59 Å². The topological polar surface area (TPSA) is 93.7 Å². The lowest BCUT2D eigenvalue weighted by Gasteiger charge is -2.38. The summed E-state index contributed by atoms with van der Waals surface area (Å²) in [7, 11) is 0. The second-order valence-corrected chi connectivity index (χ2v) is 9.29. The minimum absolute atomic E-state index is 0.161. The third-order valence-electron chi connectivity index (χ3n) is 7.43. The second kappa shape index (κ2) is 7.36. The summed E-state index contributed by atoms with van der Waals surface area (Å²) in [6.45, 7) is 3.87. The molecule has 3 heterocycles. The summed E-state index contributed by atoms with van der Waals surface area (Å²) in [4.78, 5) is 31.8. The van der Waals surface area contributed by atoms with Crippen LogP contribution in [0, 0.1) is 18.3 Å². The van der Waals surface area contributed by atoms with Gasteiger partial charge in [-0.3, -0.25) is 14.5 Å². The number of nitrogens with two attached hydrogens (primary N) is 1. The third kappa shape index (κ3) is 3.01. The van der Waals surface area contributed by atoms with Crippen LogP contribution in [0.3, 0.4) is 0 Å². The minimum atomic E-state index is -0.685. The van der Waals surface area contributed by atoms with Crippen LogP contribution in [-0.4, -0.2) is 70.3 Å². The van der Waals surface area contributed by atoms with Crippen LogP contribution >= 0.6 is 0 Å². The number of nitrogens with zero attached hydrogens (tertiary/aromatic N) is 4. The molecule has 7 heteroatoms. The van der Waals surface area contributed by atoms with Crippen molar-refractivity contribution in [2.45, 2.75) is 69.2 Å². The highest BCUT2D eigenvalue weighted by molar-refractivity contribution is 5.87. The van der Waals surface area contributed by atoms with Crippen molar-refractivity contribution >= 4 is 11.8 Å². The Bertz CT molecular complexity index is 925. The van der Waals surface area contributed by atoms with Crippen molar-refractivity contribution in [1.82, 2.24) is 14.7 Å². The van der Waals surface area contributed by atoms with Crippen molar-refractivity contribution in [2.24, 2.45) is 5.73 Å². The van der Waals surface area contributed by atoms with E-state index in [0.717, 1.165) is 38.6 Å². The van der Waals surface area contributed by atoms with E-state index in [2.05, 4.69) is 41.0 Å². The van der Waals surface area contributed by atoms with Crippen LogP contribution in [0.1, 0.15) is 48.4 Å². The van der Waals surface area contributed by atoms with Gasteiger partial charge in [-0.1, -0.05) is 23.8 Å². The number of carbonyl (C=O) groups excluding carboxylic acids is 2. The molecule has 4 aliphatic rings. The fourth-order valence-corrected chi connectivity index (χ4v) is 6.02. The number of piperazine rings is 1. The number of hydrogen-bond donors (Lipinski definition) is 1. The Morgan fingerprint density at radius 1 is 1.33 bits per heavy atom. The van der Waals surface area contributed by atoms with Crippen LogP contribution in [0.25, 0.3) is 0 Å². The molecule has 0 saturated carbocycles. The van der Waals surface area contributed by atoms with Crippen molar-refractivity contribution in [2.75, 3.05) is 19.6 Å². The van der Waals surface area contributed by atoms with Crippen LogP contribution in [-0.2, 0) is 16.0 Å². The summed E-state index contributed by atoms with van der Waals surface area (Å²) in [5.41, 5.74) is 10.2. The lowest BCUT2D eigenvalue weighted by atomic mass is 10.0. The van der Waals surface area contributed by atoms with Crippen molar-refractivity contribution in [3.63, 3.8) is 0 Å². The normalized spacial score (nSPS) is 31.3. The average Bonchev–Trinajstić information content (AvgIpc) is 3.49. The van der Waals surface area contributed by atoms with Gasteiger partial charge in [-0.15, -0.1) is 0 Å². The molecule has 1 aliphatic carbocycles. The summed E-state index contributed by atoms with van der Waals surface area (Å²) < 4.78 is 0. The number of amides is 2. The number of rotatable bonds is 4.